The Balaban J connectivity index is 1.99. The summed E-state index contributed by atoms with van der Waals surface area (Å²) >= 11 is 0. The number of nitrogens with two attached hydrogens (primary N) is 1. The molecule has 1 aromatic carbocycles. The van der Waals surface area contributed by atoms with Crippen LogP contribution in [-0.2, 0) is 0 Å². The van der Waals surface area contributed by atoms with Crippen LogP contribution in [-0.4, -0.2) is 40.3 Å². The molecule has 0 radical (unpaired) electrons. The standard InChI is InChI=1S/C14H22N2O2/c1-14(18)7-4-8-16(10-14)9-13(17)11-5-2-3-6-12(11)15/h2-3,5-6,13,17-18H,4,7-10,15H2,1H3. The van der Waals surface area contributed by atoms with Crippen LogP contribution < -0.4 is 5.73 Å². The molecule has 0 amide bonds. The van der Waals surface area contributed by atoms with Gasteiger partial charge in [-0.3, -0.25) is 4.90 Å². The van der Waals surface area contributed by atoms with E-state index in [9.17, 15) is 10.2 Å². The fraction of sp³-hybridized carbons (Fsp3) is 0.571. The van der Waals surface area contributed by atoms with Crippen LogP contribution in [0.1, 0.15) is 31.4 Å². The van der Waals surface area contributed by atoms with E-state index >= 15 is 0 Å². The Labute approximate surface area is 108 Å². The zero-order valence-corrected chi connectivity index (χ0v) is 10.8. The number of para-hydroxylation sites is 1. The average molecular weight is 250 g/mol. The lowest BCUT2D eigenvalue weighted by Crippen LogP contribution is -2.47. The van der Waals surface area contributed by atoms with Crippen molar-refractivity contribution in [2.45, 2.75) is 31.5 Å². The van der Waals surface area contributed by atoms with Crippen LogP contribution >= 0.6 is 0 Å². The van der Waals surface area contributed by atoms with Crippen LogP contribution in [0.25, 0.3) is 0 Å². The molecule has 1 aliphatic heterocycles. The molecule has 4 nitrogen and oxygen atoms in total. The van der Waals surface area contributed by atoms with Gasteiger partial charge in [-0.1, -0.05) is 18.2 Å². The van der Waals surface area contributed by atoms with Crippen molar-refractivity contribution < 1.29 is 10.2 Å². The van der Waals surface area contributed by atoms with Crippen molar-refractivity contribution in [3.63, 3.8) is 0 Å². The lowest BCUT2D eigenvalue weighted by Gasteiger charge is -2.37. The monoisotopic (exact) mass is 250 g/mol. The summed E-state index contributed by atoms with van der Waals surface area (Å²) in [6.45, 7) is 3.89. The molecule has 2 unspecified atom stereocenters. The van der Waals surface area contributed by atoms with Crippen molar-refractivity contribution in [3.8, 4) is 0 Å². The van der Waals surface area contributed by atoms with Gasteiger partial charge in [-0.15, -0.1) is 0 Å². The Kier molecular flexibility index (Phi) is 3.90. The molecule has 1 heterocycles. The molecule has 0 bridgehead atoms. The Bertz CT molecular complexity index is 407. The van der Waals surface area contributed by atoms with Crippen LogP contribution in [0.4, 0.5) is 5.69 Å². The van der Waals surface area contributed by atoms with Crippen LogP contribution in [0, 0.1) is 0 Å². The van der Waals surface area contributed by atoms with Gasteiger partial charge in [0, 0.05) is 24.3 Å². The Morgan fingerprint density at radius 1 is 1.44 bits per heavy atom. The third-order valence-corrected chi connectivity index (χ3v) is 3.54. The maximum atomic E-state index is 10.2. The number of hydrogen-bond donors (Lipinski definition) is 3. The van der Waals surface area contributed by atoms with Gasteiger partial charge in [-0.25, -0.2) is 0 Å². The van der Waals surface area contributed by atoms with Gasteiger partial charge in [0.1, 0.15) is 0 Å². The van der Waals surface area contributed by atoms with E-state index in [1.165, 1.54) is 0 Å². The lowest BCUT2D eigenvalue weighted by atomic mass is 9.94. The van der Waals surface area contributed by atoms with E-state index in [0.29, 0.717) is 18.8 Å². The highest BCUT2D eigenvalue weighted by molar-refractivity contribution is 5.47. The first kappa shape index (κ1) is 13.3. The van der Waals surface area contributed by atoms with Crippen molar-refractivity contribution in [1.29, 1.82) is 0 Å². The number of aliphatic hydroxyl groups is 2. The van der Waals surface area contributed by atoms with Crippen molar-refractivity contribution in [2.24, 2.45) is 0 Å². The predicted molar refractivity (Wildman–Crippen MR) is 72.1 cm³/mol. The Morgan fingerprint density at radius 2 is 2.17 bits per heavy atom. The topological polar surface area (TPSA) is 69.7 Å². The third-order valence-electron chi connectivity index (χ3n) is 3.54. The van der Waals surface area contributed by atoms with Crippen LogP contribution in [0.5, 0.6) is 0 Å². The predicted octanol–water partition coefficient (Wildman–Crippen LogP) is 1.15. The fourth-order valence-corrected chi connectivity index (χ4v) is 2.64. The van der Waals surface area contributed by atoms with E-state index in [1.807, 2.05) is 25.1 Å². The molecule has 0 spiro atoms. The minimum Gasteiger partial charge on any atom is -0.398 e. The van der Waals surface area contributed by atoms with Crippen LogP contribution in [0.3, 0.4) is 0 Å². The van der Waals surface area contributed by atoms with Gasteiger partial charge in [0.15, 0.2) is 0 Å². The molecule has 1 fully saturated rings. The quantitative estimate of drug-likeness (QED) is 0.704. The second-order valence-corrected chi connectivity index (χ2v) is 5.48. The number of piperidine rings is 1. The molecule has 100 valence electrons. The van der Waals surface area contributed by atoms with Crippen LogP contribution in [0.2, 0.25) is 0 Å². The molecule has 1 saturated heterocycles. The second-order valence-electron chi connectivity index (χ2n) is 5.48. The largest absolute Gasteiger partial charge is 0.398 e. The normalized spacial score (nSPS) is 27.1. The van der Waals surface area contributed by atoms with Crippen molar-refractivity contribution in [3.05, 3.63) is 29.8 Å². The summed E-state index contributed by atoms with van der Waals surface area (Å²) in [5, 5.41) is 20.3. The molecule has 1 aromatic rings. The van der Waals surface area contributed by atoms with E-state index in [2.05, 4.69) is 4.90 Å². The summed E-state index contributed by atoms with van der Waals surface area (Å²) in [6.07, 6.45) is 1.19. The molecule has 2 rings (SSSR count). The molecule has 18 heavy (non-hydrogen) atoms. The lowest BCUT2D eigenvalue weighted by molar-refractivity contribution is -0.0280. The van der Waals surface area contributed by atoms with Gasteiger partial charge in [-0.2, -0.15) is 0 Å². The zero-order chi connectivity index (χ0) is 13.2. The summed E-state index contributed by atoms with van der Waals surface area (Å²) in [4.78, 5) is 2.10. The number of nitrogen functional groups attached to an aromatic ring is 1. The van der Waals surface area contributed by atoms with Crippen molar-refractivity contribution in [2.75, 3.05) is 25.4 Å². The zero-order valence-electron chi connectivity index (χ0n) is 10.8. The van der Waals surface area contributed by atoms with Gasteiger partial charge in [0.25, 0.3) is 0 Å². The summed E-state index contributed by atoms with van der Waals surface area (Å²) in [6, 6.07) is 7.38. The maximum Gasteiger partial charge on any atom is 0.0936 e. The number of aliphatic hydroxyl groups excluding tert-OH is 1. The fourth-order valence-electron chi connectivity index (χ4n) is 2.64. The number of benzene rings is 1. The summed E-state index contributed by atoms with van der Waals surface area (Å²) in [5.41, 5.74) is 6.60. The Hall–Kier alpha value is -1.10. The number of rotatable bonds is 3. The van der Waals surface area contributed by atoms with E-state index in [0.717, 1.165) is 24.9 Å². The van der Waals surface area contributed by atoms with E-state index in [-0.39, 0.29) is 0 Å². The minimum absolute atomic E-state index is 0.518. The molecule has 0 aromatic heterocycles. The number of hydrogen-bond acceptors (Lipinski definition) is 4. The molecule has 1 aliphatic rings. The summed E-state index contributed by atoms with van der Waals surface area (Å²) in [7, 11) is 0. The van der Waals surface area contributed by atoms with Gasteiger partial charge in [0.2, 0.25) is 0 Å². The average Bonchev–Trinajstić information content (AvgIpc) is 2.28. The summed E-state index contributed by atoms with van der Waals surface area (Å²) in [5.74, 6) is 0. The number of β-amino-alcohol motifs (C(OH)–C–C–N with tert-alkyl or cyclic N) is 2. The highest BCUT2D eigenvalue weighted by Gasteiger charge is 2.29. The number of nitrogens with zero attached hydrogens (tertiary/aromatic N) is 1. The molecule has 4 heteroatoms. The minimum atomic E-state index is -0.639. The second kappa shape index (κ2) is 5.26. The molecule has 2 atom stereocenters. The van der Waals surface area contributed by atoms with Gasteiger partial charge >= 0.3 is 0 Å². The highest BCUT2D eigenvalue weighted by Crippen LogP contribution is 2.25. The smallest absolute Gasteiger partial charge is 0.0936 e. The maximum absolute atomic E-state index is 10.2. The number of anilines is 1. The van der Waals surface area contributed by atoms with E-state index in [4.69, 9.17) is 5.73 Å². The first-order chi connectivity index (χ1) is 8.48. The molecule has 4 N–H and O–H groups in total. The van der Waals surface area contributed by atoms with Crippen LogP contribution in [0.15, 0.2) is 24.3 Å². The Morgan fingerprint density at radius 3 is 2.83 bits per heavy atom. The van der Waals surface area contributed by atoms with Crippen molar-refractivity contribution >= 4 is 5.69 Å². The first-order valence-electron chi connectivity index (χ1n) is 6.45. The van der Waals surface area contributed by atoms with Crippen molar-refractivity contribution in [1.82, 2.24) is 4.90 Å². The van der Waals surface area contributed by atoms with Gasteiger partial charge in [-0.05, 0) is 32.4 Å². The molecule has 0 saturated carbocycles. The number of likely N-dealkylation sites (tertiary alicyclic amines) is 1. The summed E-state index contributed by atoms with van der Waals surface area (Å²) < 4.78 is 0. The highest BCUT2D eigenvalue weighted by atomic mass is 16.3. The molecular formula is C14H22N2O2. The first-order valence-corrected chi connectivity index (χ1v) is 6.45. The van der Waals surface area contributed by atoms with E-state index in [1.54, 1.807) is 6.07 Å². The van der Waals surface area contributed by atoms with Gasteiger partial charge < -0.3 is 15.9 Å². The SMILES string of the molecule is CC1(O)CCCN(CC(O)c2ccccc2N)C1. The molecule has 0 aliphatic carbocycles. The molecular weight excluding hydrogens is 228 g/mol. The van der Waals surface area contributed by atoms with E-state index < -0.39 is 11.7 Å². The third kappa shape index (κ3) is 3.22. The van der Waals surface area contributed by atoms with Gasteiger partial charge in [0.05, 0.1) is 11.7 Å².